The number of nitrogens with zero attached hydrogens (tertiary/aromatic N) is 1. The molecule has 1 amide bonds. The molecule has 0 aromatic heterocycles. The lowest BCUT2D eigenvalue weighted by molar-refractivity contribution is 0.0143. The van der Waals surface area contributed by atoms with Crippen molar-refractivity contribution >= 4 is 11.8 Å². The first-order chi connectivity index (χ1) is 14.9. The number of hydrogen-bond acceptors (Lipinski definition) is 4. The number of cyclic esters (lactones) is 1. The van der Waals surface area contributed by atoms with Crippen molar-refractivity contribution in [3.63, 3.8) is 0 Å². The van der Waals surface area contributed by atoms with E-state index in [1.54, 1.807) is 0 Å². The first kappa shape index (κ1) is 20.8. The molecule has 1 heterocycles. The Morgan fingerprint density at radius 2 is 1.71 bits per heavy atom. The lowest BCUT2D eigenvalue weighted by Gasteiger charge is -2.28. The number of aliphatic hydroxyl groups is 1. The molecule has 0 radical (unpaired) electrons. The first-order valence-electron chi connectivity index (χ1n) is 9.90. The second-order valence-corrected chi connectivity index (χ2v) is 7.44. The summed E-state index contributed by atoms with van der Waals surface area (Å²) in [5, 5.41) is 21.3. The van der Waals surface area contributed by atoms with Gasteiger partial charge in [0.25, 0.3) is 0 Å². The molecule has 5 nitrogen and oxygen atoms in total. The number of halogens is 2. The van der Waals surface area contributed by atoms with E-state index in [1.165, 1.54) is 29.2 Å². The molecule has 1 aliphatic rings. The minimum absolute atomic E-state index is 0.195. The van der Waals surface area contributed by atoms with Gasteiger partial charge in [0.2, 0.25) is 0 Å². The summed E-state index contributed by atoms with van der Waals surface area (Å²) >= 11 is 0. The normalized spacial score (nSPS) is 19.3. The average molecular weight is 425 g/mol. The van der Waals surface area contributed by atoms with Crippen LogP contribution >= 0.6 is 0 Å². The molecule has 0 saturated carbocycles. The third-order valence-electron chi connectivity index (χ3n) is 5.37. The van der Waals surface area contributed by atoms with Crippen LogP contribution in [0, 0.1) is 11.6 Å². The molecule has 4 rings (SSSR count). The average Bonchev–Trinajstić information content (AvgIpc) is 3.09. The number of anilines is 1. The molecular weight excluding hydrogens is 404 g/mol. The number of aromatic hydroxyl groups is 1. The number of phenols is 1. The van der Waals surface area contributed by atoms with E-state index >= 15 is 0 Å². The largest absolute Gasteiger partial charge is 0.507 e. The highest BCUT2D eigenvalue weighted by atomic mass is 19.1. The molecule has 0 unspecified atom stereocenters. The van der Waals surface area contributed by atoms with Crippen molar-refractivity contribution in [3.05, 3.63) is 95.6 Å². The number of hydrogen-bond donors (Lipinski definition) is 2. The van der Waals surface area contributed by atoms with E-state index in [0.29, 0.717) is 6.42 Å². The monoisotopic (exact) mass is 425 g/mol. The summed E-state index contributed by atoms with van der Waals surface area (Å²) in [5.41, 5.74) is 1.41. The number of phenolic OH excluding ortho intramolecular Hbond substituents is 1. The lowest BCUT2D eigenvalue weighted by Crippen LogP contribution is -2.35. The van der Waals surface area contributed by atoms with Gasteiger partial charge < -0.3 is 14.9 Å². The molecule has 3 aromatic rings. The van der Waals surface area contributed by atoms with Crippen LogP contribution in [0.25, 0.3) is 0 Å². The molecule has 1 fully saturated rings. The van der Waals surface area contributed by atoms with Gasteiger partial charge in [-0.3, -0.25) is 4.90 Å². The standard InChI is InChI=1S/C24H21F2NO4/c25-16-7-4-8-18(13-16)27-22(19-11-10-17(26)14-21(19)29)23(31-24(27)30)20(28)12-9-15-5-2-1-3-6-15/h1-8,10-11,13-14,20,22-23,28-29H,9,12H2/t20-,22-,23-/m1/s1. The Morgan fingerprint density at radius 3 is 2.42 bits per heavy atom. The van der Waals surface area contributed by atoms with Crippen molar-refractivity contribution in [3.8, 4) is 5.75 Å². The fourth-order valence-corrected chi connectivity index (χ4v) is 3.89. The number of rotatable bonds is 6. The Bertz CT molecular complexity index is 1080. The highest BCUT2D eigenvalue weighted by Crippen LogP contribution is 2.42. The Hall–Kier alpha value is -3.45. The fraction of sp³-hybridized carbons (Fsp3) is 0.208. The predicted octanol–water partition coefficient (Wildman–Crippen LogP) is 4.73. The van der Waals surface area contributed by atoms with Crippen molar-refractivity contribution in [2.24, 2.45) is 0 Å². The number of benzene rings is 3. The zero-order chi connectivity index (χ0) is 22.0. The highest BCUT2D eigenvalue weighted by Gasteiger charge is 2.47. The Kier molecular flexibility index (Phi) is 5.86. The molecule has 0 aliphatic carbocycles. The van der Waals surface area contributed by atoms with Crippen LogP contribution in [0.15, 0.2) is 72.8 Å². The molecule has 0 spiro atoms. The zero-order valence-electron chi connectivity index (χ0n) is 16.5. The van der Waals surface area contributed by atoms with Gasteiger partial charge in [-0.25, -0.2) is 13.6 Å². The van der Waals surface area contributed by atoms with E-state index in [9.17, 15) is 23.8 Å². The van der Waals surface area contributed by atoms with Crippen LogP contribution in [0.3, 0.4) is 0 Å². The molecule has 160 valence electrons. The number of carbonyl (C=O) groups is 1. The maximum absolute atomic E-state index is 13.8. The van der Waals surface area contributed by atoms with E-state index in [0.717, 1.165) is 23.8 Å². The molecule has 2 N–H and O–H groups in total. The van der Waals surface area contributed by atoms with Gasteiger partial charge in [-0.2, -0.15) is 0 Å². The molecule has 3 atom stereocenters. The van der Waals surface area contributed by atoms with Crippen molar-refractivity contribution in [2.45, 2.75) is 31.1 Å². The molecule has 1 aliphatic heterocycles. The quantitative estimate of drug-likeness (QED) is 0.599. The third-order valence-corrected chi connectivity index (χ3v) is 5.37. The summed E-state index contributed by atoms with van der Waals surface area (Å²) in [6.07, 6.45) is -2.08. The van der Waals surface area contributed by atoms with E-state index in [2.05, 4.69) is 0 Å². The summed E-state index contributed by atoms with van der Waals surface area (Å²) < 4.78 is 32.9. The third kappa shape index (κ3) is 4.36. The van der Waals surface area contributed by atoms with Crippen LogP contribution in [0.1, 0.15) is 23.6 Å². The molecule has 7 heteroatoms. The smallest absolute Gasteiger partial charge is 0.415 e. The van der Waals surface area contributed by atoms with Crippen molar-refractivity contribution in [2.75, 3.05) is 4.90 Å². The molecule has 31 heavy (non-hydrogen) atoms. The predicted molar refractivity (Wildman–Crippen MR) is 111 cm³/mol. The molecular formula is C24H21F2NO4. The number of carbonyl (C=O) groups excluding carboxylic acids is 1. The van der Waals surface area contributed by atoms with Crippen molar-refractivity contribution in [1.29, 1.82) is 0 Å². The van der Waals surface area contributed by atoms with Crippen molar-refractivity contribution < 1.29 is 28.5 Å². The summed E-state index contributed by atoms with van der Waals surface area (Å²) in [6, 6.07) is 17.3. The Balaban J connectivity index is 1.68. The van der Waals surface area contributed by atoms with Crippen LogP contribution in [-0.2, 0) is 11.2 Å². The topological polar surface area (TPSA) is 70.0 Å². The van der Waals surface area contributed by atoms with Gasteiger partial charge in [-0.05, 0) is 42.7 Å². The fourth-order valence-electron chi connectivity index (χ4n) is 3.89. The second-order valence-electron chi connectivity index (χ2n) is 7.44. The summed E-state index contributed by atoms with van der Waals surface area (Å²) in [6.45, 7) is 0. The summed E-state index contributed by atoms with van der Waals surface area (Å²) in [7, 11) is 0. The zero-order valence-corrected chi connectivity index (χ0v) is 16.5. The lowest BCUT2D eigenvalue weighted by atomic mass is 9.93. The van der Waals surface area contributed by atoms with Gasteiger partial charge in [-0.1, -0.05) is 42.5 Å². The number of ether oxygens (including phenoxy) is 1. The number of amides is 1. The maximum atomic E-state index is 13.8. The molecule has 0 bridgehead atoms. The number of aliphatic hydroxyl groups excluding tert-OH is 1. The minimum Gasteiger partial charge on any atom is -0.507 e. The van der Waals surface area contributed by atoms with E-state index in [1.807, 2.05) is 30.3 Å². The van der Waals surface area contributed by atoms with Gasteiger partial charge in [0.1, 0.15) is 23.4 Å². The molecule has 3 aromatic carbocycles. The van der Waals surface area contributed by atoms with Crippen LogP contribution < -0.4 is 4.90 Å². The van der Waals surface area contributed by atoms with Crippen LogP contribution in [0.2, 0.25) is 0 Å². The van der Waals surface area contributed by atoms with Crippen molar-refractivity contribution in [1.82, 2.24) is 0 Å². The van der Waals surface area contributed by atoms with E-state index < -0.39 is 36.0 Å². The summed E-state index contributed by atoms with van der Waals surface area (Å²) in [4.78, 5) is 13.9. The Labute approximate surface area is 178 Å². The van der Waals surface area contributed by atoms with Gasteiger partial charge in [0.15, 0.2) is 6.10 Å². The number of aryl methyl sites for hydroxylation is 1. The van der Waals surface area contributed by atoms with Gasteiger partial charge in [-0.15, -0.1) is 0 Å². The van der Waals surface area contributed by atoms with Crippen LogP contribution in [0.4, 0.5) is 19.3 Å². The van der Waals surface area contributed by atoms with Gasteiger partial charge >= 0.3 is 6.09 Å². The van der Waals surface area contributed by atoms with Crippen LogP contribution in [0.5, 0.6) is 5.75 Å². The second kappa shape index (κ2) is 8.73. The maximum Gasteiger partial charge on any atom is 0.415 e. The molecule has 1 saturated heterocycles. The SMILES string of the molecule is O=C1O[C@H]([C@H](O)CCc2ccccc2)[C@@H](c2ccc(F)cc2O)N1c1cccc(F)c1. The van der Waals surface area contributed by atoms with E-state index in [-0.39, 0.29) is 23.4 Å². The first-order valence-corrected chi connectivity index (χ1v) is 9.90. The van der Waals surface area contributed by atoms with Crippen LogP contribution in [-0.4, -0.2) is 28.5 Å². The summed E-state index contributed by atoms with van der Waals surface area (Å²) in [5.74, 6) is -1.59. The van der Waals surface area contributed by atoms with Gasteiger partial charge in [0.05, 0.1) is 11.8 Å². The minimum atomic E-state index is -1.07. The highest BCUT2D eigenvalue weighted by molar-refractivity contribution is 5.91. The van der Waals surface area contributed by atoms with E-state index in [4.69, 9.17) is 4.74 Å². The van der Waals surface area contributed by atoms with Gasteiger partial charge in [0, 0.05) is 11.6 Å². The Morgan fingerprint density at radius 1 is 0.968 bits per heavy atom.